The van der Waals surface area contributed by atoms with Gasteiger partial charge in [0.05, 0.1) is 22.9 Å². The van der Waals surface area contributed by atoms with Gasteiger partial charge in [0.1, 0.15) is 15.9 Å². The van der Waals surface area contributed by atoms with Crippen molar-refractivity contribution in [1.82, 2.24) is 9.80 Å². The van der Waals surface area contributed by atoms with Crippen LogP contribution in [0.5, 0.6) is 0 Å². The third kappa shape index (κ3) is 3.92. The molecule has 3 amide bonds. The summed E-state index contributed by atoms with van der Waals surface area (Å²) in [6, 6.07) is 7.14. The fraction of sp³-hybridized carbons (Fsp3) is 0.409. The van der Waals surface area contributed by atoms with Gasteiger partial charge in [0.15, 0.2) is 0 Å². The largest absolute Gasteiger partial charge is 0.333 e. The van der Waals surface area contributed by atoms with Crippen LogP contribution in [0.3, 0.4) is 0 Å². The maximum atomic E-state index is 13.7. The van der Waals surface area contributed by atoms with E-state index >= 15 is 0 Å². The molecule has 0 spiro atoms. The minimum Gasteiger partial charge on any atom is -0.333 e. The first-order valence-corrected chi connectivity index (χ1v) is 13.2. The maximum Gasteiger partial charge on any atom is 0.262 e. The van der Waals surface area contributed by atoms with Gasteiger partial charge in [0.2, 0.25) is 5.91 Å². The van der Waals surface area contributed by atoms with E-state index in [-0.39, 0.29) is 35.2 Å². The lowest BCUT2D eigenvalue weighted by Gasteiger charge is -2.39. The molecule has 1 aromatic heterocycles. The predicted molar refractivity (Wildman–Crippen MR) is 118 cm³/mol. The number of carbonyl (C=O) groups excluding carboxylic acids is 3. The van der Waals surface area contributed by atoms with Crippen LogP contribution in [0.25, 0.3) is 0 Å². The number of carbonyl (C=O) groups is 3. The van der Waals surface area contributed by atoms with Crippen molar-refractivity contribution < 1.29 is 22.8 Å². The molecule has 9 heteroatoms. The lowest BCUT2D eigenvalue weighted by molar-refractivity contribution is -0.138. The van der Waals surface area contributed by atoms with E-state index < -0.39 is 27.7 Å². The number of imide groups is 1. The third-order valence-electron chi connectivity index (χ3n) is 5.95. The molecule has 3 heterocycles. The molecule has 7 nitrogen and oxygen atoms in total. The molecule has 0 fully saturated rings. The summed E-state index contributed by atoms with van der Waals surface area (Å²) in [5, 5.41) is 2.01. The summed E-state index contributed by atoms with van der Waals surface area (Å²) in [7, 11) is -3.39. The number of benzene rings is 1. The molecule has 2 atom stereocenters. The van der Waals surface area contributed by atoms with Crippen molar-refractivity contribution in [1.29, 1.82) is 0 Å². The topological polar surface area (TPSA) is 91.8 Å². The molecule has 2 aliphatic heterocycles. The molecular weight excluding hydrogens is 436 g/mol. The smallest absolute Gasteiger partial charge is 0.262 e. The van der Waals surface area contributed by atoms with Crippen LogP contribution < -0.4 is 0 Å². The fourth-order valence-electron chi connectivity index (χ4n) is 4.47. The second-order valence-electron chi connectivity index (χ2n) is 7.97. The Morgan fingerprint density at radius 2 is 1.81 bits per heavy atom. The molecule has 1 aromatic carbocycles. The SMILES string of the molecule is CCC1c2ccsc2CCN1C(=O)C(CCS(C)(=O)=O)N1C(=O)c2ccccc2C1=O. The Bertz CT molecular complexity index is 1120. The first kappa shape index (κ1) is 21.7. The van der Waals surface area contributed by atoms with Crippen LogP contribution in [0.1, 0.15) is 57.0 Å². The quantitative estimate of drug-likeness (QED) is 0.618. The summed E-state index contributed by atoms with van der Waals surface area (Å²) < 4.78 is 23.7. The highest BCUT2D eigenvalue weighted by Crippen LogP contribution is 2.37. The van der Waals surface area contributed by atoms with Crippen LogP contribution in [-0.2, 0) is 21.1 Å². The van der Waals surface area contributed by atoms with E-state index in [9.17, 15) is 22.8 Å². The van der Waals surface area contributed by atoms with Crippen LogP contribution in [0.4, 0.5) is 0 Å². The minimum atomic E-state index is -3.39. The summed E-state index contributed by atoms with van der Waals surface area (Å²) in [5.74, 6) is -1.75. The Kier molecular flexibility index (Phi) is 5.74. The normalized spacial score (nSPS) is 19.4. The molecule has 2 unspecified atom stereocenters. The zero-order chi connectivity index (χ0) is 22.3. The first-order chi connectivity index (χ1) is 14.7. The Balaban J connectivity index is 1.70. The van der Waals surface area contributed by atoms with Gasteiger partial charge >= 0.3 is 0 Å². The van der Waals surface area contributed by atoms with Crippen molar-refractivity contribution in [3.8, 4) is 0 Å². The zero-order valence-electron chi connectivity index (χ0n) is 17.4. The van der Waals surface area contributed by atoms with Crippen LogP contribution in [-0.4, -0.2) is 60.5 Å². The van der Waals surface area contributed by atoms with Crippen LogP contribution in [0, 0.1) is 0 Å². The molecular formula is C22H24N2O5S2. The molecule has 0 saturated heterocycles. The lowest BCUT2D eigenvalue weighted by Crippen LogP contribution is -2.53. The molecule has 31 heavy (non-hydrogen) atoms. The number of hydrogen-bond donors (Lipinski definition) is 0. The van der Waals surface area contributed by atoms with Crippen molar-refractivity contribution in [2.24, 2.45) is 0 Å². The lowest BCUT2D eigenvalue weighted by atomic mass is 9.96. The van der Waals surface area contributed by atoms with Crippen molar-refractivity contribution in [2.75, 3.05) is 18.6 Å². The van der Waals surface area contributed by atoms with Crippen LogP contribution >= 0.6 is 11.3 Å². The molecule has 0 aliphatic carbocycles. The monoisotopic (exact) mass is 460 g/mol. The van der Waals surface area contributed by atoms with Crippen molar-refractivity contribution in [2.45, 2.75) is 38.3 Å². The van der Waals surface area contributed by atoms with Crippen LogP contribution in [0.15, 0.2) is 35.7 Å². The summed E-state index contributed by atoms with van der Waals surface area (Å²) >= 11 is 1.66. The van der Waals surface area contributed by atoms with Crippen molar-refractivity contribution >= 4 is 38.9 Å². The third-order valence-corrected chi connectivity index (χ3v) is 7.92. The zero-order valence-corrected chi connectivity index (χ0v) is 19.0. The maximum absolute atomic E-state index is 13.7. The number of amides is 3. The molecule has 0 bridgehead atoms. The highest BCUT2D eigenvalue weighted by atomic mass is 32.2. The standard InChI is InChI=1S/C22H24N2O5S2/c1-3-17-16-9-12-30-19(16)8-11-23(17)22(27)18(10-13-31(2,28)29)24-20(25)14-6-4-5-7-15(14)21(24)26/h4-7,9,12,17-18H,3,8,10-11,13H2,1-2H3. The highest BCUT2D eigenvalue weighted by molar-refractivity contribution is 7.90. The summed E-state index contributed by atoms with van der Waals surface area (Å²) in [6.45, 7) is 2.47. The molecule has 0 saturated carbocycles. The first-order valence-electron chi connectivity index (χ1n) is 10.2. The Morgan fingerprint density at radius 1 is 1.16 bits per heavy atom. The average molecular weight is 461 g/mol. The summed E-state index contributed by atoms with van der Waals surface area (Å²) in [4.78, 5) is 43.8. The van der Waals surface area contributed by atoms with Gasteiger partial charge in [0, 0.05) is 17.7 Å². The summed E-state index contributed by atoms with van der Waals surface area (Å²) in [5.41, 5.74) is 1.59. The molecule has 2 aliphatic rings. The molecule has 2 aromatic rings. The molecule has 164 valence electrons. The second kappa shape index (κ2) is 8.20. The average Bonchev–Trinajstić information content (AvgIpc) is 3.31. The van der Waals surface area contributed by atoms with Gasteiger partial charge in [-0.2, -0.15) is 0 Å². The molecule has 4 rings (SSSR count). The molecule has 0 radical (unpaired) electrons. The van der Waals surface area contributed by atoms with Gasteiger partial charge < -0.3 is 4.90 Å². The van der Waals surface area contributed by atoms with E-state index in [1.54, 1.807) is 40.5 Å². The van der Waals surface area contributed by atoms with Gasteiger partial charge in [-0.1, -0.05) is 19.1 Å². The Labute approximate surface area is 185 Å². The second-order valence-corrected chi connectivity index (χ2v) is 11.2. The van der Waals surface area contributed by atoms with Gasteiger partial charge in [0.25, 0.3) is 11.8 Å². The van der Waals surface area contributed by atoms with E-state index in [2.05, 4.69) is 0 Å². The van der Waals surface area contributed by atoms with Gasteiger partial charge in [-0.25, -0.2) is 8.42 Å². The van der Waals surface area contributed by atoms with Crippen molar-refractivity contribution in [3.63, 3.8) is 0 Å². The van der Waals surface area contributed by atoms with E-state index in [0.717, 1.165) is 16.7 Å². The van der Waals surface area contributed by atoms with E-state index in [1.807, 2.05) is 18.4 Å². The Morgan fingerprint density at radius 3 is 2.39 bits per heavy atom. The number of thiophene rings is 1. The fourth-order valence-corrected chi connectivity index (χ4v) is 6.05. The van der Waals surface area contributed by atoms with Gasteiger partial charge in [-0.3, -0.25) is 19.3 Å². The molecule has 0 N–H and O–H groups in total. The number of sulfone groups is 1. The number of nitrogens with zero attached hydrogens (tertiary/aromatic N) is 2. The highest BCUT2D eigenvalue weighted by Gasteiger charge is 2.45. The minimum absolute atomic E-state index is 0.118. The van der Waals surface area contributed by atoms with Crippen LogP contribution in [0.2, 0.25) is 0 Å². The van der Waals surface area contributed by atoms with Gasteiger partial charge in [-0.15, -0.1) is 11.3 Å². The number of fused-ring (bicyclic) bond motifs is 2. The van der Waals surface area contributed by atoms with E-state index in [4.69, 9.17) is 0 Å². The number of rotatable bonds is 6. The summed E-state index contributed by atoms with van der Waals surface area (Å²) in [6.07, 6.45) is 2.36. The van der Waals surface area contributed by atoms with Gasteiger partial charge in [-0.05, 0) is 48.4 Å². The van der Waals surface area contributed by atoms with E-state index in [1.165, 1.54) is 4.88 Å². The Hall–Kier alpha value is -2.52. The predicted octanol–water partition coefficient (Wildman–Crippen LogP) is 2.68. The van der Waals surface area contributed by atoms with E-state index in [0.29, 0.717) is 19.4 Å². The van der Waals surface area contributed by atoms with Crippen molar-refractivity contribution in [3.05, 3.63) is 57.3 Å². The number of hydrogen-bond acceptors (Lipinski definition) is 6.